The van der Waals surface area contributed by atoms with E-state index in [0.717, 1.165) is 37.7 Å². The van der Waals surface area contributed by atoms with Gasteiger partial charge in [0.15, 0.2) is 11.5 Å². The first kappa shape index (κ1) is 23.8. The summed E-state index contributed by atoms with van der Waals surface area (Å²) in [7, 11) is 4.64. The number of hydrogen-bond donors (Lipinski definition) is 1. The molecule has 0 bridgehead atoms. The first-order valence-corrected chi connectivity index (χ1v) is 10.7. The number of methoxy groups -OCH3 is 3. The molecule has 0 unspecified atom stereocenters. The van der Waals surface area contributed by atoms with Crippen molar-refractivity contribution in [2.45, 2.75) is 6.54 Å². The van der Waals surface area contributed by atoms with Gasteiger partial charge in [-0.2, -0.15) is 5.10 Å². The standard InChI is InChI=1S/C23H29ClN4O4/c1-30-20-9-6-18(22(31-2)23(20)32-3)14-25-26-21(29)16-28-12-10-27(11-13-28)15-17-4-7-19(24)8-5-17/h4-9,14H,10-13,15-16H2,1-3H3,(H,26,29). The van der Waals surface area contributed by atoms with Crippen LogP contribution in [0.3, 0.4) is 0 Å². The van der Waals surface area contributed by atoms with Gasteiger partial charge in [-0.3, -0.25) is 14.6 Å². The number of amides is 1. The van der Waals surface area contributed by atoms with E-state index in [-0.39, 0.29) is 5.91 Å². The van der Waals surface area contributed by atoms with Gasteiger partial charge in [-0.1, -0.05) is 23.7 Å². The lowest BCUT2D eigenvalue weighted by atomic mass is 10.2. The van der Waals surface area contributed by atoms with Crippen LogP contribution in [-0.2, 0) is 11.3 Å². The maximum atomic E-state index is 12.3. The third-order valence-corrected chi connectivity index (χ3v) is 5.53. The van der Waals surface area contributed by atoms with Crippen molar-refractivity contribution in [3.8, 4) is 17.2 Å². The Balaban J connectivity index is 1.46. The van der Waals surface area contributed by atoms with Crippen molar-refractivity contribution in [1.29, 1.82) is 0 Å². The summed E-state index contributed by atoms with van der Waals surface area (Å²) in [4.78, 5) is 16.8. The lowest BCUT2D eigenvalue weighted by Gasteiger charge is -2.34. The van der Waals surface area contributed by atoms with Crippen LogP contribution < -0.4 is 19.6 Å². The van der Waals surface area contributed by atoms with E-state index in [1.54, 1.807) is 26.4 Å². The van der Waals surface area contributed by atoms with Crippen LogP contribution in [0.1, 0.15) is 11.1 Å². The highest BCUT2D eigenvalue weighted by Crippen LogP contribution is 2.38. The zero-order valence-corrected chi connectivity index (χ0v) is 19.4. The van der Waals surface area contributed by atoms with Crippen molar-refractivity contribution in [3.05, 3.63) is 52.5 Å². The van der Waals surface area contributed by atoms with Crippen molar-refractivity contribution in [1.82, 2.24) is 15.2 Å². The first-order valence-electron chi connectivity index (χ1n) is 10.3. The molecule has 172 valence electrons. The van der Waals surface area contributed by atoms with Gasteiger partial charge in [0, 0.05) is 43.3 Å². The Morgan fingerprint density at radius 1 is 0.969 bits per heavy atom. The van der Waals surface area contributed by atoms with E-state index in [1.165, 1.54) is 18.9 Å². The molecule has 2 aromatic carbocycles. The average molecular weight is 461 g/mol. The number of nitrogens with one attached hydrogen (secondary N) is 1. The molecule has 1 heterocycles. The lowest BCUT2D eigenvalue weighted by molar-refractivity contribution is -0.122. The van der Waals surface area contributed by atoms with Crippen LogP contribution >= 0.6 is 11.6 Å². The summed E-state index contributed by atoms with van der Waals surface area (Å²) in [6, 6.07) is 11.5. The van der Waals surface area contributed by atoms with E-state index >= 15 is 0 Å². The number of rotatable bonds is 9. The Labute approximate surface area is 193 Å². The zero-order valence-electron chi connectivity index (χ0n) is 18.6. The van der Waals surface area contributed by atoms with Gasteiger partial charge in [-0.25, -0.2) is 5.43 Å². The summed E-state index contributed by atoms with van der Waals surface area (Å²) in [5.74, 6) is 1.36. The predicted octanol–water partition coefficient (Wildman–Crippen LogP) is 2.63. The minimum Gasteiger partial charge on any atom is -0.493 e. The summed E-state index contributed by atoms with van der Waals surface area (Å²) < 4.78 is 16.1. The van der Waals surface area contributed by atoms with E-state index in [4.69, 9.17) is 25.8 Å². The van der Waals surface area contributed by atoms with Crippen LogP contribution in [-0.4, -0.2) is 76.0 Å². The number of ether oxygens (including phenoxy) is 3. The second-order valence-corrected chi connectivity index (χ2v) is 7.83. The monoisotopic (exact) mass is 460 g/mol. The fourth-order valence-electron chi connectivity index (χ4n) is 3.59. The molecule has 0 aliphatic carbocycles. The lowest BCUT2D eigenvalue weighted by Crippen LogP contribution is -2.48. The summed E-state index contributed by atoms with van der Waals surface area (Å²) in [5, 5.41) is 4.82. The Hall–Kier alpha value is -2.81. The van der Waals surface area contributed by atoms with E-state index in [9.17, 15) is 4.79 Å². The Bertz CT molecular complexity index is 928. The van der Waals surface area contributed by atoms with Gasteiger partial charge in [-0.15, -0.1) is 0 Å². The molecule has 0 aromatic heterocycles. The molecular formula is C23H29ClN4O4. The van der Waals surface area contributed by atoms with Crippen LogP contribution in [0.25, 0.3) is 0 Å². The van der Waals surface area contributed by atoms with Crippen LogP contribution in [0.15, 0.2) is 41.5 Å². The third-order valence-electron chi connectivity index (χ3n) is 5.28. The van der Waals surface area contributed by atoms with Crippen molar-refractivity contribution in [2.75, 3.05) is 54.1 Å². The molecule has 0 spiro atoms. The highest BCUT2D eigenvalue weighted by molar-refractivity contribution is 6.30. The van der Waals surface area contributed by atoms with Crippen LogP contribution in [0, 0.1) is 0 Å². The van der Waals surface area contributed by atoms with Gasteiger partial charge < -0.3 is 14.2 Å². The number of halogens is 1. The number of carbonyl (C=O) groups excluding carboxylic acids is 1. The number of hydrogen-bond acceptors (Lipinski definition) is 7. The van der Waals surface area contributed by atoms with Crippen molar-refractivity contribution in [3.63, 3.8) is 0 Å². The van der Waals surface area contributed by atoms with Crippen LogP contribution in [0.4, 0.5) is 0 Å². The quantitative estimate of drug-likeness (QED) is 0.458. The number of piperazine rings is 1. The van der Waals surface area contributed by atoms with E-state index < -0.39 is 0 Å². The molecule has 0 saturated carbocycles. The Morgan fingerprint density at radius 2 is 1.62 bits per heavy atom. The second-order valence-electron chi connectivity index (χ2n) is 7.40. The molecule has 1 N–H and O–H groups in total. The second kappa shape index (κ2) is 11.7. The summed E-state index contributed by atoms with van der Waals surface area (Å²) in [6.45, 7) is 4.65. The molecule has 1 aliphatic rings. The SMILES string of the molecule is COc1ccc(C=NNC(=O)CN2CCN(Cc3ccc(Cl)cc3)CC2)c(OC)c1OC. The van der Waals surface area contributed by atoms with E-state index in [1.807, 2.05) is 24.3 Å². The largest absolute Gasteiger partial charge is 0.493 e. The minimum absolute atomic E-state index is 0.160. The van der Waals surface area contributed by atoms with E-state index in [2.05, 4.69) is 20.3 Å². The highest BCUT2D eigenvalue weighted by atomic mass is 35.5. The van der Waals surface area contributed by atoms with Gasteiger partial charge in [0.1, 0.15) is 0 Å². The van der Waals surface area contributed by atoms with Gasteiger partial charge in [-0.05, 0) is 29.8 Å². The molecule has 8 nitrogen and oxygen atoms in total. The molecular weight excluding hydrogens is 432 g/mol. The summed E-state index contributed by atoms with van der Waals surface area (Å²) >= 11 is 5.95. The summed E-state index contributed by atoms with van der Waals surface area (Å²) in [6.07, 6.45) is 1.53. The maximum absolute atomic E-state index is 12.3. The Kier molecular flexibility index (Phi) is 8.72. The fourth-order valence-corrected chi connectivity index (χ4v) is 3.72. The number of carbonyl (C=O) groups is 1. The van der Waals surface area contributed by atoms with Crippen LogP contribution in [0.5, 0.6) is 17.2 Å². The average Bonchev–Trinajstić information content (AvgIpc) is 2.81. The van der Waals surface area contributed by atoms with Gasteiger partial charge in [0.25, 0.3) is 5.91 Å². The molecule has 0 atom stereocenters. The molecule has 32 heavy (non-hydrogen) atoms. The van der Waals surface area contributed by atoms with Crippen LogP contribution in [0.2, 0.25) is 5.02 Å². The molecule has 1 amide bonds. The fraction of sp³-hybridized carbons (Fsp3) is 0.391. The van der Waals surface area contributed by atoms with Crippen molar-refractivity contribution >= 4 is 23.7 Å². The van der Waals surface area contributed by atoms with Gasteiger partial charge in [0.2, 0.25) is 5.75 Å². The van der Waals surface area contributed by atoms with Crippen molar-refractivity contribution in [2.24, 2.45) is 5.10 Å². The van der Waals surface area contributed by atoms with Crippen molar-refractivity contribution < 1.29 is 19.0 Å². The number of nitrogens with zero attached hydrogens (tertiary/aromatic N) is 3. The topological polar surface area (TPSA) is 75.6 Å². The smallest absolute Gasteiger partial charge is 0.254 e. The molecule has 2 aromatic rings. The zero-order chi connectivity index (χ0) is 22.9. The molecule has 1 saturated heterocycles. The highest BCUT2D eigenvalue weighted by Gasteiger charge is 2.19. The molecule has 1 fully saturated rings. The number of benzene rings is 2. The predicted molar refractivity (Wildman–Crippen MR) is 125 cm³/mol. The minimum atomic E-state index is -0.160. The normalized spacial score (nSPS) is 15.0. The Morgan fingerprint density at radius 3 is 2.25 bits per heavy atom. The molecule has 9 heteroatoms. The third kappa shape index (κ3) is 6.35. The van der Waals surface area contributed by atoms with E-state index in [0.29, 0.717) is 29.4 Å². The molecule has 1 aliphatic heterocycles. The molecule has 0 radical (unpaired) electrons. The number of hydrazone groups is 1. The first-order chi connectivity index (χ1) is 15.5. The maximum Gasteiger partial charge on any atom is 0.254 e. The summed E-state index contributed by atoms with van der Waals surface area (Å²) in [5.41, 5.74) is 4.49. The van der Waals surface area contributed by atoms with Gasteiger partial charge in [0.05, 0.1) is 34.1 Å². The van der Waals surface area contributed by atoms with Gasteiger partial charge >= 0.3 is 0 Å². The molecule has 3 rings (SSSR count).